The number of nitrogens with zero attached hydrogens (tertiary/aromatic N) is 2. The summed E-state index contributed by atoms with van der Waals surface area (Å²) in [7, 11) is 0. The number of aromatic nitrogens is 2. The molecule has 1 heterocycles. The van der Waals surface area contributed by atoms with Gasteiger partial charge < -0.3 is 14.6 Å². The average molecular weight is 295 g/mol. The zero-order chi connectivity index (χ0) is 15.3. The van der Waals surface area contributed by atoms with Gasteiger partial charge in [0.2, 0.25) is 11.7 Å². The predicted octanol–water partition coefficient (Wildman–Crippen LogP) is 3.05. The molecule has 1 aliphatic carbocycles. The molecular formula is C16H29N3O2. The maximum atomic E-state index is 5.94. The van der Waals surface area contributed by atoms with E-state index in [9.17, 15) is 0 Å². The van der Waals surface area contributed by atoms with Gasteiger partial charge in [0, 0.05) is 19.1 Å². The Morgan fingerprint density at radius 3 is 2.52 bits per heavy atom. The molecule has 0 aliphatic heterocycles. The third-order valence-corrected chi connectivity index (χ3v) is 4.49. The lowest BCUT2D eigenvalue weighted by Gasteiger charge is -2.27. The van der Waals surface area contributed by atoms with E-state index in [1.807, 2.05) is 6.92 Å². The second-order valence-corrected chi connectivity index (χ2v) is 5.85. The molecule has 1 aliphatic rings. The van der Waals surface area contributed by atoms with Crippen molar-refractivity contribution < 1.29 is 9.26 Å². The topological polar surface area (TPSA) is 60.2 Å². The normalized spacial score (nSPS) is 17.1. The first-order chi connectivity index (χ1) is 10.2. The second kappa shape index (κ2) is 7.36. The van der Waals surface area contributed by atoms with Gasteiger partial charge in [-0.2, -0.15) is 4.98 Å². The molecule has 21 heavy (non-hydrogen) atoms. The molecule has 120 valence electrons. The number of hydrogen-bond acceptors (Lipinski definition) is 5. The minimum atomic E-state index is -0.399. The first-order valence-corrected chi connectivity index (χ1v) is 8.39. The van der Waals surface area contributed by atoms with E-state index in [1.165, 1.54) is 12.8 Å². The van der Waals surface area contributed by atoms with Crippen LogP contribution in [-0.4, -0.2) is 29.3 Å². The highest BCUT2D eigenvalue weighted by molar-refractivity contribution is 5.03. The van der Waals surface area contributed by atoms with E-state index in [4.69, 9.17) is 9.26 Å². The van der Waals surface area contributed by atoms with Crippen molar-refractivity contribution in [3.63, 3.8) is 0 Å². The lowest BCUT2D eigenvalue weighted by molar-refractivity contribution is -0.0583. The van der Waals surface area contributed by atoms with E-state index in [2.05, 4.69) is 36.2 Å². The van der Waals surface area contributed by atoms with Crippen molar-refractivity contribution in [2.75, 3.05) is 13.2 Å². The lowest BCUT2D eigenvalue weighted by Crippen LogP contribution is -2.33. The van der Waals surface area contributed by atoms with E-state index in [1.54, 1.807) is 0 Å². The maximum absolute atomic E-state index is 5.94. The molecule has 0 saturated heterocycles. The Kier molecular flexibility index (Phi) is 5.76. The Labute approximate surface area is 127 Å². The molecule has 0 spiro atoms. The highest BCUT2D eigenvalue weighted by Crippen LogP contribution is 2.35. The van der Waals surface area contributed by atoms with Gasteiger partial charge in [-0.15, -0.1) is 0 Å². The summed E-state index contributed by atoms with van der Waals surface area (Å²) < 4.78 is 11.4. The van der Waals surface area contributed by atoms with Gasteiger partial charge in [0.15, 0.2) is 0 Å². The van der Waals surface area contributed by atoms with Crippen molar-refractivity contribution in [3.05, 3.63) is 11.7 Å². The van der Waals surface area contributed by atoms with Gasteiger partial charge in [-0.25, -0.2) is 0 Å². The van der Waals surface area contributed by atoms with Crippen LogP contribution < -0.4 is 5.32 Å². The second-order valence-electron chi connectivity index (χ2n) is 5.85. The molecule has 2 rings (SSSR count). The molecule has 1 atom stereocenters. The summed E-state index contributed by atoms with van der Waals surface area (Å²) in [4.78, 5) is 4.63. The van der Waals surface area contributed by atoms with Crippen LogP contribution in [0.15, 0.2) is 4.52 Å². The smallest absolute Gasteiger partial charge is 0.228 e. The predicted molar refractivity (Wildman–Crippen MR) is 82.1 cm³/mol. The number of hydrogen-bond donors (Lipinski definition) is 1. The molecule has 1 aromatic heterocycles. The fourth-order valence-corrected chi connectivity index (χ4v) is 2.99. The molecule has 5 nitrogen and oxygen atoms in total. The Bertz CT molecular complexity index is 425. The minimum absolute atomic E-state index is 0.399. The molecule has 0 amide bonds. The van der Waals surface area contributed by atoms with Crippen LogP contribution in [0.3, 0.4) is 0 Å². The summed E-state index contributed by atoms with van der Waals surface area (Å²) in [5.74, 6) is 2.21. The van der Waals surface area contributed by atoms with Crippen LogP contribution in [0.25, 0.3) is 0 Å². The van der Waals surface area contributed by atoms with E-state index >= 15 is 0 Å². The van der Waals surface area contributed by atoms with E-state index in [-0.39, 0.29) is 0 Å². The minimum Gasteiger partial charge on any atom is -0.367 e. The third-order valence-electron chi connectivity index (χ3n) is 4.49. The van der Waals surface area contributed by atoms with E-state index < -0.39 is 5.60 Å². The van der Waals surface area contributed by atoms with Gasteiger partial charge in [0.05, 0.1) is 0 Å². The van der Waals surface area contributed by atoms with Crippen LogP contribution in [0.1, 0.15) is 65.1 Å². The number of ether oxygens (including phenoxy) is 1. The van der Waals surface area contributed by atoms with Crippen LogP contribution in [0.2, 0.25) is 0 Å². The fourth-order valence-electron chi connectivity index (χ4n) is 2.99. The fraction of sp³-hybridized carbons (Fsp3) is 0.875. The average Bonchev–Trinajstić information content (AvgIpc) is 3.24. The van der Waals surface area contributed by atoms with Crippen LogP contribution in [0.4, 0.5) is 0 Å². The Balaban J connectivity index is 2.08. The van der Waals surface area contributed by atoms with Gasteiger partial charge in [-0.3, -0.25) is 0 Å². The summed E-state index contributed by atoms with van der Waals surface area (Å²) in [5.41, 5.74) is -0.399. The molecule has 0 bridgehead atoms. The summed E-state index contributed by atoms with van der Waals surface area (Å²) in [6.45, 7) is 10.0. The van der Waals surface area contributed by atoms with Crippen molar-refractivity contribution in [2.45, 2.75) is 71.4 Å². The van der Waals surface area contributed by atoms with Crippen molar-refractivity contribution in [3.8, 4) is 0 Å². The van der Waals surface area contributed by atoms with Crippen molar-refractivity contribution >= 4 is 0 Å². The molecule has 5 heteroatoms. The molecule has 1 saturated carbocycles. The zero-order valence-electron chi connectivity index (χ0n) is 13.8. The Morgan fingerprint density at radius 1 is 1.29 bits per heavy atom. The van der Waals surface area contributed by atoms with Gasteiger partial charge in [0.25, 0.3) is 0 Å². The molecule has 0 aromatic carbocycles. The Hall–Kier alpha value is -0.940. The quantitative estimate of drug-likeness (QED) is 0.719. The molecule has 0 radical (unpaired) electrons. The summed E-state index contributed by atoms with van der Waals surface area (Å²) in [5, 5.41) is 7.74. The van der Waals surface area contributed by atoms with E-state index in [0.717, 1.165) is 37.6 Å². The largest absolute Gasteiger partial charge is 0.367 e. The lowest BCUT2D eigenvalue weighted by atomic mass is 9.96. The highest BCUT2D eigenvalue weighted by atomic mass is 16.5. The third kappa shape index (κ3) is 3.83. The van der Waals surface area contributed by atoms with Crippen molar-refractivity contribution in [2.24, 2.45) is 5.92 Å². The molecule has 1 unspecified atom stereocenters. The van der Waals surface area contributed by atoms with Crippen molar-refractivity contribution in [1.82, 2.24) is 15.5 Å². The molecule has 1 N–H and O–H groups in total. The van der Waals surface area contributed by atoms with Crippen LogP contribution >= 0.6 is 0 Å². The van der Waals surface area contributed by atoms with Gasteiger partial charge in [-0.1, -0.05) is 25.9 Å². The van der Waals surface area contributed by atoms with Crippen molar-refractivity contribution in [1.29, 1.82) is 0 Å². The maximum Gasteiger partial charge on any atom is 0.228 e. The van der Waals surface area contributed by atoms with Gasteiger partial charge in [0.1, 0.15) is 5.60 Å². The molecular weight excluding hydrogens is 266 g/mol. The standard InChI is InChI=1S/C16H29N3O2/c1-5-16(6-2,20-8-4)15-18-14(21-19-15)11-13(17-7-3)12-9-10-12/h12-13,17H,5-11H2,1-4H3. The Morgan fingerprint density at radius 2 is 2.00 bits per heavy atom. The van der Waals surface area contributed by atoms with E-state index in [0.29, 0.717) is 18.5 Å². The summed E-state index contributed by atoms with van der Waals surface area (Å²) >= 11 is 0. The number of nitrogens with one attached hydrogen (secondary N) is 1. The van der Waals surface area contributed by atoms with Crippen LogP contribution in [0.5, 0.6) is 0 Å². The number of rotatable bonds is 10. The first-order valence-electron chi connectivity index (χ1n) is 8.39. The number of likely N-dealkylation sites (N-methyl/N-ethyl adjacent to an activating group) is 1. The first kappa shape index (κ1) is 16.4. The molecule has 1 aromatic rings. The highest BCUT2D eigenvalue weighted by Gasteiger charge is 2.36. The summed E-state index contributed by atoms with van der Waals surface area (Å²) in [6.07, 6.45) is 5.16. The van der Waals surface area contributed by atoms with Gasteiger partial charge in [-0.05, 0) is 45.1 Å². The monoisotopic (exact) mass is 295 g/mol. The zero-order valence-corrected chi connectivity index (χ0v) is 13.8. The molecule has 1 fully saturated rings. The van der Waals surface area contributed by atoms with Gasteiger partial charge >= 0.3 is 0 Å². The van der Waals surface area contributed by atoms with Crippen LogP contribution in [0, 0.1) is 5.92 Å². The SMILES string of the molecule is CCNC(Cc1nc(C(CC)(CC)OCC)no1)C1CC1. The summed E-state index contributed by atoms with van der Waals surface area (Å²) in [6, 6.07) is 0.466. The van der Waals surface area contributed by atoms with Crippen LogP contribution in [-0.2, 0) is 16.8 Å².